The van der Waals surface area contributed by atoms with Crippen molar-refractivity contribution in [3.8, 4) is 0 Å². The first-order chi connectivity index (χ1) is 12.4. The maximum atomic E-state index is 12.4. The van der Waals surface area contributed by atoms with Gasteiger partial charge < -0.3 is 5.32 Å². The molecule has 132 valence electrons. The van der Waals surface area contributed by atoms with Gasteiger partial charge in [0.15, 0.2) is 0 Å². The van der Waals surface area contributed by atoms with Crippen molar-refractivity contribution in [2.24, 2.45) is 0 Å². The average molecular weight is 407 g/mol. The van der Waals surface area contributed by atoms with Crippen LogP contribution in [0, 0.1) is 0 Å². The van der Waals surface area contributed by atoms with Gasteiger partial charge in [0, 0.05) is 15.7 Å². The van der Waals surface area contributed by atoms with Gasteiger partial charge in [-0.05, 0) is 53.7 Å². The summed E-state index contributed by atoms with van der Waals surface area (Å²) >= 11 is 12.6. The van der Waals surface area contributed by atoms with Crippen molar-refractivity contribution < 1.29 is 14.4 Å². The van der Waals surface area contributed by atoms with E-state index in [2.05, 4.69) is 5.32 Å². The molecule has 5 nitrogen and oxygen atoms in total. The van der Waals surface area contributed by atoms with Gasteiger partial charge in [0.2, 0.25) is 5.91 Å². The number of anilines is 1. The zero-order valence-corrected chi connectivity index (χ0v) is 15.6. The molecule has 1 heterocycles. The Bertz CT molecular complexity index is 930. The highest BCUT2D eigenvalue weighted by Crippen LogP contribution is 2.32. The summed E-state index contributed by atoms with van der Waals surface area (Å²) < 4.78 is 0. The minimum atomic E-state index is -0.513. The van der Waals surface area contributed by atoms with Crippen LogP contribution < -0.4 is 5.32 Å². The van der Waals surface area contributed by atoms with Crippen molar-refractivity contribution in [2.45, 2.75) is 0 Å². The van der Waals surface area contributed by atoms with Crippen LogP contribution in [0.15, 0.2) is 53.4 Å². The SMILES string of the molecule is O=C(CN1C(=O)S/C(=C/c2cccc(Cl)c2)C1=O)Nc1cccc(Cl)c1. The van der Waals surface area contributed by atoms with Crippen LogP contribution >= 0.6 is 35.0 Å². The van der Waals surface area contributed by atoms with E-state index in [4.69, 9.17) is 23.2 Å². The lowest BCUT2D eigenvalue weighted by molar-refractivity contribution is -0.127. The number of benzene rings is 2. The minimum absolute atomic E-state index is 0.243. The summed E-state index contributed by atoms with van der Waals surface area (Å²) in [6.07, 6.45) is 1.58. The lowest BCUT2D eigenvalue weighted by Crippen LogP contribution is -2.36. The minimum Gasteiger partial charge on any atom is -0.324 e. The molecule has 1 N–H and O–H groups in total. The van der Waals surface area contributed by atoms with Crippen LogP contribution in [0.1, 0.15) is 5.56 Å². The number of nitrogens with one attached hydrogen (secondary N) is 1. The van der Waals surface area contributed by atoms with Gasteiger partial charge in [-0.2, -0.15) is 0 Å². The molecule has 1 fully saturated rings. The van der Waals surface area contributed by atoms with Gasteiger partial charge in [0.1, 0.15) is 6.54 Å². The number of hydrogen-bond donors (Lipinski definition) is 1. The molecule has 1 aliphatic rings. The molecule has 0 spiro atoms. The van der Waals surface area contributed by atoms with Crippen LogP contribution in [0.4, 0.5) is 10.5 Å². The molecule has 3 rings (SSSR count). The van der Waals surface area contributed by atoms with Gasteiger partial charge >= 0.3 is 0 Å². The molecule has 0 aliphatic carbocycles. The maximum absolute atomic E-state index is 12.4. The third-order valence-corrected chi connectivity index (χ3v) is 4.81. The Morgan fingerprint density at radius 2 is 1.77 bits per heavy atom. The second-order valence-electron chi connectivity index (χ2n) is 5.38. The van der Waals surface area contributed by atoms with Crippen molar-refractivity contribution >= 4 is 63.8 Å². The van der Waals surface area contributed by atoms with Crippen LogP contribution in [0.3, 0.4) is 0 Å². The molecule has 2 aromatic rings. The number of carbonyl (C=O) groups is 3. The van der Waals surface area contributed by atoms with Gasteiger partial charge in [-0.1, -0.05) is 41.4 Å². The molecule has 3 amide bonds. The fourth-order valence-corrected chi connectivity index (χ4v) is 3.52. The zero-order chi connectivity index (χ0) is 18.7. The first-order valence-corrected chi connectivity index (χ1v) is 9.06. The second-order valence-corrected chi connectivity index (χ2v) is 7.25. The fourth-order valence-electron chi connectivity index (χ4n) is 2.29. The molecule has 26 heavy (non-hydrogen) atoms. The highest BCUT2D eigenvalue weighted by molar-refractivity contribution is 8.18. The van der Waals surface area contributed by atoms with E-state index in [0.717, 1.165) is 16.7 Å². The average Bonchev–Trinajstić information content (AvgIpc) is 2.82. The topological polar surface area (TPSA) is 66.5 Å². The summed E-state index contributed by atoms with van der Waals surface area (Å²) in [7, 11) is 0. The smallest absolute Gasteiger partial charge is 0.294 e. The Hall–Kier alpha value is -2.28. The van der Waals surface area contributed by atoms with E-state index < -0.39 is 17.1 Å². The molecular weight excluding hydrogens is 395 g/mol. The van der Waals surface area contributed by atoms with Crippen molar-refractivity contribution in [3.63, 3.8) is 0 Å². The van der Waals surface area contributed by atoms with E-state index in [1.165, 1.54) is 0 Å². The van der Waals surface area contributed by atoms with Gasteiger partial charge in [0.05, 0.1) is 4.91 Å². The summed E-state index contributed by atoms with van der Waals surface area (Å²) in [5.41, 5.74) is 1.19. The molecule has 1 aliphatic heterocycles. The molecule has 0 saturated carbocycles. The van der Waals surface area contributed by atoms with E-state index in [1.54, 1.807) is 54.6 Å². The van der Waals surface area contributed by atoms with E-state index >= 15 is 0 Å². The molecule has 8 heteroatoms. The van der Waals surface area contributed by atoms with Crippen molar-refractivity contribution in [1.29, 1.82) is 0 Å². The molecule has 1 saturated heterocycles. The highest BCUT2D eigenvalue weighted by Gasteiger charge is 2.36. The van der Waals surface area contributed by atoms with Gasteiger partial charge in [-0.25, -0.2) is 0 Å². The number of hydrogen-bond acceptors (Lipinski definition) is 4. The Balaban J connectivity index is 1.70. The summed E-state index contributed by atoms with van der Waals surface area (Å²) in [4.78, 5) is 37.8. The molecule has 0 unspecified atom stereocenters. The predicted molar refractivity (Wildman–Crippen MR) is 104 cm³/mol. The Morgan fingerprint density at radius 1 is 1.08 bits per heavy atom. The Labute approximate surface area is 164 Å². The predicted octanol–water partition coefficient (Wildman–Crippen LogP) is 4.67. The number of rotatable bonds is 4. The van der Waals surface area contributed by atoms with E-state index in [-0.39, 0.29) is 11.4 Å². The largest absolute Gasteiger partial charge is 0.324 e. The first-order valence-electron chi connectivity index (χ1n) is 7.49. The lowest BCUT2D eigenvalue weighted by Gasteiger charge is -2.12. The fraction of sp³-hybridized carbons (Fsp3) is 0.0556. The maximum Gasteiger partial charge on any atom is 0.294 e. The van der Waals surface area contributed by atoms with Gasteiger partial charge in [0.25, 0.3) is 11.1 Å². The third-order valence-electron chi connectivity index (χ3n) is 3.43. The van der Waals surface area contributed by atoms with E-state index in [1.807, 2.05) is 0 Å². The summed E-state index contributed by atoms with van der Waals surface area (Å²) in [5, 5.41) is 3.11. The molecule has 0 aromatic heterocycles. The van der Waals surface area contributed by atoms with E-state index in [0.29, 0.717) is 21.3 Å². The van der Waals surface area contributed by atoms with Gasteiger partial charge in [-0.15, -0.1) is 0 Å². The van der Waals surface area contributed by atoms with Crippen LogP contribution in [-0.4, -0.2) is 28.5 Å². The molecule has 0 atom stereocenters. The standard InChI is InChI=1S/C18H12Cl2N2O3S/c19-12-4-1-3-11(7-12)8-15-17(24)22(18(25)26-15)10-16(23)21-14-6-2-5-13(20)9-14/h1-9H,10H2,(H,21,23)/b15-8+. The number of nitrogens with zero attached hydrogens (tertiary/aromatic N) is 1. The summed E-state index contributed by atoms with van der Waals surface area (Å²) in [6.45, 7) is -0.371. The quantitative estimate of drug-likeness (QED) is 0.749. The summed E-state index contributed by atoms with van der Waals surface area (Å²) in [5.74, 6) is -1.00. The van der Waals surface area contributed by atoms with Crippen LogP contribution in [0.25, 0.3) is 6.08 Å². The van der Waals surface area contributed by atoms with Crippen LogP contribution in [-0.2, 0) is 9.59 Å². The molecule has 0 radical (unpaired) electrons. The number of carbonyl (C=O) groups excluding carboxylic acids is 3. The van der Waals surface area contributed by atoms with Crippen molar-refractivity contribution in [1.82, 2.24) is 4.90 Å². The second kappa shape index (κ2) is 7.95. The molecule has 2 aromatic carbocycles. The van der Waals surface area contributed by atoms with Crippen molar-refractivity contribution in [3.05, 3.63) is 69.0 Å². The summed E-state index contributed by atoms with van der Waals surface area (Å²) in [6, 6.07) is 13.5. The monoisotopic (exact) mass is 406 g/mol. The Kier molecular flexibility index (Phi) is 5.66. The zero-order valence-electron chi connectivity index (χ0n) is 13.2. The Morgan fingerprint density at radius 3 is 2.46 bits per heavy atom. The number of thioether (sulfide) groups is 1. The number of imide groups is 1. The third kappa shape index (κ3) is 4.46. The molecule has 0 bridgehead atoms. The normalized spacial score (nSPS) is 15.6. The van der Waals surface area contributed by atoms with Gasteiger partial charge in [-0.3, -0.25) is 19.3 Å². The number of amides is 3. The molecular formula is C18H12Cl2N2O3S. The first kappa shape index (κ1) is 18.5. The van der Waals surface area contributed by atoms with Crippen molar-refractivity contribution in [2.75, 3.05) is 11.9 Å². The lowest BCUT2D eigenvalue weighted by atomic mass is 10.2. The van der Waals surface area contributed by atoms with Crippen LogP contribution in [0.2, 0.25) is 10.0 Å². The number of halogens is 2. The van der Waals surface area contributed by atoms with Crippen LogP contribution in [0.5, 0.6) is 0 Å². The highest BCUT2D eigenvalue weighted by atomic mass is 35.5. The van der Waals surface area contributed by atoms with E-state index in [9.17, 15) is 14.4 Å².